The number of ketones is 1. The Labute approximate surface area is 159 Å². The standard InChI is InChI=1S/C9H18.C8H10O.C5H8O3/c1-3-9-6-4-8(2)5-7-9;1-2-9-8-6-4-3-5-7-8;1-4(6)2-3-5(7)8/h8-9H,3-7H2,1-2H3;3-7H,2H2,1H3;2-3H2,1H3,(H,7,8). The summed E-state index contributed by atoms with van der Waals surface area (Å²) in [4.78, 5) is 19.8. The average Bonchev–Trinajstić information content (AvgIpc) is 2.63. The van der Waals surface area contributed by atoms with Gasteiger partial charge in [-0.05, 0) is 37.8 Å². The average molecular weight is 365 g/mol. The number of hydrogen-bond acceptors (Lipinski definition) is 3. The molecule has 1 saturated carbocycles. The van der Waals surface area contributed by atoms with Gasteiger partial charge in [0.2, 0.25) is 0 Å². The van der Waals surface area contributed by atoms with E-state index in [4.69, 9.17) is 9.84 Å². The molecular formula is C22H36O4. The summed E-state index contributed by atoms with van der Waals surface area (Å²) < 4.78 is 5.21. The molecule has 1 fully saturated rings. The van der Waals surface area contributed by atoms with E-state index in [-0.39, 0.29) is 18.6 Å². The second kappa shape index (κ2) is 15.4. The van der Waals surface area contributed by atoms with E-state index in [0.29, 0.717) is 0 Å². The van der Waals surface area contributed by atoms with Crippen LogP contribution in [0.5, 0.6) is 5.75 Å². The molecule has 0 saturated heterocycles. The number of benzene rings is 1. The molecule has 4 heteroatoms. The van der Waals surface area contributed by atoms with Crippen molar-refractivity contribution in [2.24, 2.45) is 11.8 Å². The van der Waals surface area contributed by atoms with E-state index in [2.05, 4.69) is 13.8 Å². The van der Waals surface area contributed by atoms with Crippen LogP contribution in [0.15, 0.2) is 30.3 Å². The van der Waals surface area contributed by atoms with E-state index in [9.17, 15) is 9.59 Å². The van der Waals surface area contributed by atoms with Crippen LogP contribution in [0.2, 0.25) is 0 Å². The van der Waals surface area contributed by atoms with Crippen molar-refractivity contribution in [2.45, 2.75) is 72.6 Å². The van der Waals surface area contributed by atoms with Crippen LogP contribution in [0.3, 0.4) is 0 Å². The molecule has 0 unspecified atom stereocenters. The van der Waals surface area contributed by atoms with Gasteiger partial charge in [0.1, 0.15) is 11.5 Å². The highest BCUT2D eigenvalue weighted by Crippen LogP contribution is 2.29. The highest BCUT2D eigenvalue weighted by atomic mass is 16.5. The van der Waals surface area contributed by atoms with Crippen molar-refractivity contribution in [1.29, 1.82) is 0 Å². The summed E-state index contributed by atoms with van der Waals surface area (Å²) >= 11 is 0. The number of carboxylic acid groups (broad SMARTS) is 1. The Hall–Kier alpha value is -1.84. The van der Waals surface area contributed by atoms with Crippen molar-refractivity contribution in [3.8, 4) is 5.75 Å². The van der Waals surface area contributed by atoms with Gasteiger partial charge >= 0.3 is 5.97 Å². The summed E-state index contributed by atoms with van der Waals surface area (Å²) in [5.41, 5.74) is 0. The maximum atomic E-state index is 10.1. The fourth-order valence-corrected chi connectivity index (χ4v) is 2.70. The molecule has 0 aromatic heterocycles. The first-order valence-corrected chi connectivity index (χ1v) is 9.78. The third-order valence-electron chi connectivity index (χ3n) is 4.46. The number of aliphatic carboxylic acids is 1. The van der Waals surface area contributed by atoms with Crippen LogP contribution in [-0.4, -0.2) is 23.5 Å². The number of carbonyl (C=O) groups is 2. The molecule has 0 spiro atoms. The van der Waals surface area contributed by atoms with E-state index >= 15 is 0 Å². The normalized spacial score (nSPS) is 18.5. The van der Waals surface area contributed by atoms with E-state index in [1.54, 1.807) is 0 Å². The van der Waals surface area contributed by atoms with Gasteiger partial charge in [-0.25, -0.2) is 0 Å². The number of hydrogen-bond donors (Lipinski definition) is 1. The van der Waals surface area contributed by atoms with Crippen molar-refractivity contribution in [2.75, 3.05) is 6.61 Å². The van der Waals surface area contributed by atoms with Crippen molar-refractivity contribution < 1.29 is 19.4 Å². The summed E-state index contributed by atoms with van der Waals surface area (Å²) in [5, 5.41) is 8.01. The van der Waals surface area contributed by atoms with Crippen LogP contribution >= 0.6 is 0 Å². The molecule has 0 aliphatic heterocycles. The van der Waals surface area contributed by atoms with Gasteiger partial charge in [0, 0.05) is 6.42 Å². The van der Waals surface area contributed by atoms with Crippen LogP contribution in [0.4, 0.5) is 0 Å². The minimum atomic E-state index is -0.916. The number of carboxylic acids is 1. The van der Waals surface area contributed by atoms with E-state index < -0.39 is 5.97 Å². The molecular weight excluding hydrogens is 328 g/mol. The van der Waals surface area contributed by atoms with Gasteiger partial charge in [-0.15, -0.1) is 0 Å². The summed E-state index contributed by atoms with van der Waals surface area (Å²) in [7, 11) is 0. The Morgan fingerprint density at radius 2 is 1.62 bits per heavy atom. The lowest BCUT2D eigenvalue weighted by molar-refractivity contribution is -0.138. The largest absolute Gasteiger partial charge is 0.494 e. The number of Topliss-reactive ketones (excluding diaryl/α,β-unsaturated/α-hetero) is 1. The highest BCUT2D eigenvalue weighted by molar-refractivity contribution is 5.80. The molecule has 1 aliphatic carbocycles. The Kier molecular flexibility index (Phi) is 14.3. The Balaban J connectivity index is 0.000000362. The van der Waals surface area contributed by atoms with Crippen molar-refractivity contribution >= 4 is 11.8 Å². The van der Waals surface area contributed by atoms with Crippen LogP contribution in [0.25, 0.3) is 0 Å². The zero-order chi connectivity index (χ0) is 19.8. The predicted octanol–water partition coefficient (Wildman–Crippen LogP) is 5.75. The number of ether oxygens (including phenoxy) is 1. The maximum Gasteiger partial charge on any atom is 0.303 e. The van der Waals surface area contributed by atoms with Crippen LogP contribution in [-0.2, 0) is 9.59 Å². The lowest BCUT2D eigenvalue weighted by atomic mass is 9.82. The van der Waals surface area contributed by atoms with E-state index in [0.717, 1.165) is 24.2 Å². The maximum absolute atomic E-state index is 10.1. The lowest BCUT2D eigenvalue weighted by Gasteiger charge is -2.24. The van der Waals surface area contributed by atoms with Gasteiger partial charge in [0.05, 0.1) is 13.0 Å². The highest BCUT2D eigenvalue weighted by Gasteiger charge is 2.15. The first-order valence-electron chi connectivity index (χ1n) is 9.78. The van der Waals surface area contributed by atoms with Gasteiger partial charge in [0.15, 0.2) is 0 Å². The molecule has 0 bridgehead atoms. The molecule has 0 atom stereocenters. The molecule has 1 N–H and O–H groups in total. The molecule has 2 rings (SSSR count). The molecule has 1 aromatic carbocycles. The molecule has 0 heterocycles. The molecule has 0 amide bonds. The Morgan fingerprint density at radius 1 is 1.04 bits per heavy atom. The minimum absolute atomic E-state index is 0.0463. The molecule has 1 aliphatic rings. The fourth-order valence-electron chi connectivity index (χ4n) is 2.70. The summed E-state index contributed by atoms with van der Waals surface area (Å²) in [5.74, 6) is 2.04. The van der Waals surface area contributed by atoms with Gasteiger partial charge in [0.25, 0.3) is 0 Å². The van der Waals surface area contributed by atoms with Crippen molar-refractivity contribution in [3.63, 3.8) is 0 Å². The number of rotatable bonds is 6. The SMILES string of the molecule is CC(=O)CCC(=O)O.CCC1CCC(C)CC1.CCOc1ccccc1. The molecule has 148 valence electrons. The smallest absolute Gasteiger partial charge is 0.303 e. The summed E-state index contributed by atoms with van der Waals surface area (Å²) in [6, 6.07) is 9.80. The van der Waals surface area contributed by atoms with Gasteiger partial charge in [-0.2, -0.15) is 0 Å². The van der Waals surface area contributed by atoms with Gasteiger partial charge in [-0.3, -0.25) is 4.79 Å². The molecule has 1 aromatic rings. The second-order valence-electron chi connectivity index (χ2n) is 6.88. The summed E-state index contributed by atoms with van der Waals surface area (Å²) in [6.07, 6.45) is 7.48. The zero-order valence-corrected chi connectivity index (χ0v) is 16.9. The Bertz CT molecular complexity index is 462. The third kappa shape index (κ3) is 14.5. The van der Waals surface area contributed by atoms with E-state index in [1.807, 2.05) is 37.3 Å². The van der Waals surface area contributed by atoms with Crippen LogP contribution in [0, 0.1) is 11.8 Å². The van der Waals surface area contributed by atoms with E-state index in [1.165, 1.54) is 39.0 Å². The zero-order valence-electron chi connectivity index (χ0n) is 16.9. The predicted molar refractivity (Wildman–Crippen MR) is 107 cm³/mol. The quantitative estimate of drug-likeness (QED) is 0.698. The Morgan fingerprint density at radius 3 is 2.00 bits per heavy atom. The monoisotopic (exact) mass is 364 g/mol. The van der Waals surface area contributed by atoms with Crippen LogP contribution in [0.1, 0.15) is 72.6 Å². The number of carbonyl (C=O) groups excluding carboxylic acids is 1. The summed E-state index contributed by atoms with van der Waals surface area (Å²) in [6.45, 7) is 8.80. The third-order valence-corrected chi connectivity index (χ3v) is 4.46. The van der Waals surface area contributed by atoms with Crippen LogP contribution < -0.4 is 4.74 Å². The number of para-hydroxylation sites is 1. The minimum Gasteiger partial charge on any atom is -0.494 e. The molecule has 4 nitrogen and oxygen atoms in total. The van der Waals surface area contributed by atoms with Gasteiger partial charge in [-0.1, -0.05) is 64.2 Å². The van der Waals surface area contributed by atoms with Crippen molar-refractivity contribution in [1.82, 2.24) is 0 Å². The topological polar surface area (TPSA) is 63.6 Å². The lowest BCUT2D eigenvalue weighted by Crippen LogP contribution is -2.10. The fraction of sp³-hybridized carbons (Fsp3) is 0.636. The molecule has 0 radical (unpaired) electrons. The first-order chi connectivity index (χ1) is 12.4. The first kappa shape index (κ1) is 24.2. The van der Waals surface area contributed by atoms with Crippen molar-refractivity contribution in [3.05, 3.63) is 30.3 Å². The molecule has 26 heavy (non-hydrogen) atoms. The van der Waals surface area contributed by atoms with Gasteiger partial charge < -0.3 is 14.6 Å². The second-order valence-corrected chi connectivity index (χ2v) is 6.88.